The summed E-state index contributed by atoms with van der Waals surface area (Å²) < 4.78 is 82.6. The summed E-state index contributed by atoms with van der Waals surface area (Å²) in [4.78, 5) is 124. The molecule has 23 nitrogen and oxygen atoms in total. The van der Waals surface area contributed by atoms with Crippen LogP contribution in [0.15, 0.2) is 24.5 Å². The number of alkyl halides is 6. The first-order chi connectivity index (χ1) is 30.7. The zero-order chi connectivity index (χ0) is 49.9. The van der Waals surface area contributed by atoms with Crippen molar-refractivity contribution in [3.8, 4) is 0 Å². The van der Waals surface area contributed by atoms with Crippen molar-refractivity contribution in [2.75, 3.05) is 24.6 Å². The average Bonchev–Trinajstić information content (AvgIpc) is 3.23. The Balaban J connectivity index is 2.56. The van der Waals surface area contributed by atoms with Crippen LogP contribution in [-0.4, -0.2) is 142 Å². The van der Waals surface area contributed by atoms with Gasteiger partial charge in [-0.15, -0.1) is 23.5 Å². The lowest BCUT2D eigenvalue weighted by Gasteiger charge is -2.23. The second-order valence-electron chi connectivity index (χ2n) is 13.6. The minimum atomic E-state index is -5.13. The van der Waals surface area contributed by atoms with Crippen molar-refractivity contribution in [1.82, 2.24) is 41.2 Å². The molecular formula is C35H42F6N10O13S2. The van der Waals surface area contributed by atoms with E-state index < -0.39 is 186 Å². The van der Waals surface area contributed by atoms with Crippen molar-refractivity contribution < 1.29 is 89.9 Å². The van der Waals surface area contributed by atoms with Crippen LogP contribution in [0.5, 0.6) is 0 Å². The van der Waals surface area contributed by atoms with E-state index >= 15 is 0 Å². The molecule has 66 heavy (non-hydrogen) atoms. The molecule has 6 unspecified atom stereocenters. The number of amides is 4. The van der Waals surface area contributed by atoms with E-state index in [1.54, 1.807) is 0 Å². The Labute approximate surface area is 376 Å². The molecule has 12 N–H and O–H groups in total. The van der Waals surface area contributed by atoms with Crippen molar-refractivity contribution in [2.45, 2.75) is 85.5 Å². The van der Waals surface area contributed by atoms with E-state index in [-0.39, 0.29) is 0 Å². The van der Waals surface area contributed by atoms with Crippen LogP contribution >= 0.6 is 23.5 Å². The number of hydrogen-bond donors (Lipinski definition) is 10. The highest BCUT2D eigenvalue weighted by Crippen LogP contribution is 2.38. The van der Waals surface area contributed by atoms with E-state index in [1.807, 2.05) is 10.6 Å². The molecule has 0 radical (unpaired) electrons. The van der Waals surface area contributed by atoms with Crippen LogP contribution in [0, 0.1) is 0 Å². The summed E-state index contributed by atoms with van der Waals surface area (Å²) in [6.07, 6.45) is -12.5. The van der Waals surface area contributed by atoms with Gasteiger partial charge >= 0.3 is 36.2 Å². The predicted octanol–water partition coefficient (Wildman–Crippen LogP) is -0.342. The number of aliphatic carboxylic acids is 4. The summed E-state index contributed by atoms with van der Waals surface area (Å²) in [5.74, 6) is -14.7. The van der Waals surface area contributed by atoms with E-state index in [0.717, 1.165) is 6.07 Å². The molecule has 0 aromatic carbocycles. The number of nitrogens with one attached hydrogen (secondary N) is 4. The van der Waals surface area contributed by atoms with Crippen LogP contribution in [0.4, 0.5) is 26.3 Å². The Bertz CT molecular complexity index is 1950. The van der Waals surface area contributed by atoms with Gasteiger partial charge in [-0.05, 0) is 25.0 Å². The summed E-state index contributed by atoms with van der Waals surface area (Å²) >= 11 is 1.04. The van der Waals surface area contributed by atoms with E-state index in [2.05, 4.69) is 30.6 Å². The van der Waals surface area contributed by atoms with Gasteiger partial charge in [0.05, 0.1) is 16.2 Å². The molecular weight excluding hydrogens is 947 g/mol. The zero-order valence-electron chi connectivity index (χ0n) is 33.8. The number of halogens is 6. The first-order valence-corrected chi connectivity index (χ1v) is 20.9. The molecule has 0 fully saturated rings. The fraction of sp³-hybridized carbons (Fsp3) is 0.514. The maximum Gasteiger partial charge on any atom is 0.451 e. The topological polar surface area (TPSA) is 386 Å². The number of rotatable bonds is 28. The lowest BCUT2D eigenvalue weighted by Crippen LogP contribution is -2.49. The van der Waals surface area contributed by atoms with Crippen LogP contribution in [-0.2, 0) is 55.5 Å². The van der Waals surface area contributed by atoms with Gasteiger partial charge in [-0.3, -0.25) is 43.2 Å². The third-order valence-corrected chi connectivity index (χ3v) is 11.0. The van der Waals surface area contributed by atoms with Gasteiger partial charge in [0, 0.05) is 49.6 Å². The van der Waals surface area contributed by atoms with Gasteiger partial charge in [0.15, 0.2) is 0 Å². The first kappa shape index (κ1) is 55.9. The standard InChI is InChI=1S/C35H42F6N10O13S2/c36-34(37,38)23-6-8-44-28(51-23)22(66-14-20(30(60)47-12-27(57)58)49-25(54)4-2-17(43)32(63)64)10-15(52)9-21(18-5-7-45-33(50-18)35(39,40)41)65-13-19(29(59)46-11-26(55)56)48-24(53)3-1-16(42)31(61)62/h5-8,16-17,19-22H,1-4,9-14,42-43H2,(H,46,59)(H,47,60)(H,48,53)(H,49,54)(H,55,56)(H,57,58)(H,61,62)(H,63,64). The fourth-order valence-corrected chi connectivity index (χ4v) is 7.55. The van der Waals surface area contributed by atoms with Crippen molar-refractivity contribution in [1.29, 1.82) is 0 Å². The molecule has 0 bridgehead atoms. The fourth-order valence-electron chi connectivity index (χ4n) is 5.06. The van der Waals surface area contributed by atoms with Gasteiger partial charge in [-0.25, -0.2) is 19.9 Å². The number of carboxylic acids is 4. The Hall–Kier alpha value is -6.21. The maximum absolute atomic E-state index is 13.9. The summed E-state index contributed by atoms with van der Waals surface area (Å²) in [7, 11) is 0. The van der Waals surface area contributed by atoms with Gasteiger partial charge in [0.25, 0.3) is 0 Å². The molecule has 0 saturated carbocycles. The third-order valence-electron chi connectivity index (χ3n) is 8.40. The van der Waals surface area contributed by atoms with Crippen molar-refractivity contribution >= 4 is 76.8 Å². The lowest BCUT2D eigenvalue weighted by molar-refractivity contribution is -0.145. The minimum Gasteiger partial charge on any atom is -0.480 e. The normalized spacial score (nSPS) is 14.3. The van der Waals surface area contributed by atoms with Gasteiger partial charge in [-0.2, -0.15) is 26.3 Å². The van der Waals surface area contributed by atoms with Gasteiger partial charge < -0.3 is 53.2 Å². The zero-order valence-corrected chi connectivity index (χ0v) is 35.5. The van der Waals surface area contributed by atoms with E-state index in [1.165, 1.54) is 0 Å². The number of nitrogens with two attached hydrogens (primary N) is 2. The molecule has 0 aliphatic carbocycles. The number of aromatic nitrogens is 4. The smallest absolute Gasteiger partial charge is 0.451 e. The van der Waals surface area contributed by atoms with Crippen LogP contribution < -0.4 is 32.7 Å². The Morgan fingerprint density at radius 3 is 1.53 bits per heavy atom. The molecule has 2 aromatic heterocycles. The number of ketones is 1. The molecule has 6 atom stereocenters. The number of hydrogen-bond acceptors (Lipinski definition) is 17. The highest BCUT2D eigenvalue weighted by molar-refractivity contribution is 7.99. The molecule has 0 spiro atoms. The summed E-state index contributed by atoms with van der Waals surface area (Å²) in [6, 6.07) is -4.95. The number of carboxylic acid groups (broad SMARTS) is 4. The van der Waals surface area contributed by atoms with Crippen molar-refractivity contribution in [3.05, 3.63) is 47.6 Å². The van der Waals surface area contributed by atoms with Crippen LogP contribution in [0.3, 0.4) is 0 Å². The molecule has 364 valence electrons. The SMILES string of the molecule is NC(CCC(=O)NC(CSC(CC(=O)CC(SCC(NC(=O)CCC(N)C(=O)O)C(=O)NCC(=O)O)c1nccc(C(F)(F)F)n1)c1ccnc(C(F)(F)F)n1)C(=O)NCC(=O)O)C(=O)O. The monoisotopic (exact) mass is 988 g/mol. The summed E-state index contributed by atoms with van der Waals surface area (Å²) in [6.45, 7) is -1.94. The number of nitrogens with zero attached hydrogens (tertiary/aromatic N) is 4. The number of carbonyl (C=O) groups excluding carboxylic acids is 5. The van der Waals surface area contributed by atoms with E-state index in [4.69, 9.17) is 31.9 Å². The Morgan fingerprint density at radius 2 is 1.09 bits per heavy atom. The van der Waals surface area contributed by atoms with Crippen molar-refractivity contribution in [3.63, 3.8) is 0 Å². The van der Waals surface area contributed by atoms with Gasteiger partial charge in [0.2, 0.25) is 29.5 Å². The highest BCUT2D eigenvalue weighted by Gasteiger charge is 2.37. The predicted molar refractivity (Wildman–Crippen MR) is 214 cm³/mol. The maximum atomic E-state index is 13.9. The van der Waals surface area contributed by atoms with E-state index in [0.29, 0.717) is 42.0 Å². The van der Waals surface area contributed by atoms with E-state index in [9.17, 15) is 69.5 Å². The molecule has 0 aliphatic heterocycles. The summed E-state index contributed by atoms with van der Waals surface area (Å²) in [5, 5.41) is 41.6. The first-order valence-electron chi connectivity index (χ1n) is 18.8. The molecule has 0 aliphatic rings. The Morgan fingerprint density at radius 1 is 0.636 bits per heavy atom. The highest BCUT2D eigenvalue weighted by atomic mass is 32.2. The average molecular weight is 989 g/mol. The second-order valence-corrected chi connectivity index (χ2v) is 16.1. The number of Topliss-reactive ketones (excluding diaryl/α,β-unsaturated/α-hetero) is 1. The van der Waals surface area contributed by atoms with Crippen LogP contribution in [0.1, 0.15) is 72.1 Å². The summed E-state index contributed by atoms with van der Waals surface area (Å²) in [5.41, 5.74) is 8.86. The molecule has 2 rings (SSSR count). The minimum absolute atomic E-state index is 0.424. The van der Waals surface area contributed by atoms with Gasteiger partial charge in [-0.1, -0.05) is 0 Å². The number of carbonyl (C=O) groups is 9. The third kappa shape index (κ3) is 20.3. The molecule has 31 heteroatoms. The lowest BCUT2D eigenvalue weighted by atomic mass is 10.1. The quantitative estimate of drug-likeness (QED) is 0.0487. The van der Waals surface area contributed by atoms with Gasteiger partial charge in [0.1, 0.15) is 54.6 Å². The van der Waals surface area contributed by atoms with Crippen LogP contribution in [0.2, 0.25) is 0 Å². The molecule has 2 heterocycles. The second kappa shape index (κ2) is 26.1. The van der Waals surface area contributed by atoms with Crippen molar-refractivity contribution in [2.24, 2.45) is 11.5 Å². The molecule has 4 amide bonds. The largest absolute Gasteiger partial charge is 0.480 e. The number of thioether (sulfide) groups is 2. The Kier molecular flexibility index (Phi) is 22.1. The molecule has 0 saturated heterocycles. The molecule has 2 aromatic rings. The van der Waals surface area contributed by atoms with Crippen LogP contribution in [0.25, 0.3) is 0 Å².